The Labute approximate surface area is 259 Å². The van der Waals surface area contributed by atoms with E-state index in [-0.39, 0.29) is 52.7 Å². The summed E-state index contributed by atoms with van der Waals surface area (Å²) in [6.07, 6.45) is 3.21. The van der Waals surface area contributed by atoms with Gasteiger partial charge in [0.25, 0.3) is 17.4 Å². The average Bonchev–Trinajstić information content (AvgIpc) is 3.56. The first kappa shape index (κ1) is 29.6. The monoisotopic (exact) mass is 664 g/mol. The number of carbonyl (C=O) groups excluding carboxylic acids is 3. The second-order valence-corrected chi connectivity index (χ2v) is 12.4. The predicted molar refractivity (Wildman–Crippen MR) is 159 cm³/mol. The minimum atomic E-state index is -1.02. The van der Waals surface area contributed by atoms with Gasteiger partial charge in [-0.05, 0) is 64.3 Å². The van der Waals surface area contributed by atoms with Gasteiger partial charge in [0, 0.05) is 16.5 Å². The summed E-state index contributed by atoms with van der Waals surface area (Å²) >= 11 is 3.46. The molecule has 228 valence electrons. The lowest BCUT2D eigenvalue weighted by Gasteiger charge is -2.22. The third-order valence-electron chi connectivity index (χ3n) is 7.12. The number of carbonyl (C=O) groups is 3. The molecule has 4 heterocycles. The maximum Gasteiger partial charge on any atom is 0.438 e. The molecule has 0 radical (unpaired) electrons. The molecule has 2 aliphatic heterocycles. The predicted octanol–water partition coefficient (Wildman–Crippen LogP) is 4.61. The normalized spacial score (nSPS) is 16.8. The number of halogens is 1. The summed E-state index contributed by atoms with van der Waals surface area (Å²) in [5.41, 5.74) is -1.09. The number of amides is 2. The molecule has 1 atom stereocenters. The maximum atomic E-state index is 13.8. The van der Waals surface area contributed by atoms with Gasteiger partial charge in [-0.25, -0.2) is 14.5 Å². The summed E-state index contributed by atoms with van der Waals surface area (Å²) in [5, 5.41) is 9.07. The lowest BCUT2D eigenvalue weighted by Crippen LogP contribution is -2.37. The van der Waals surface area contributed by atoms with Gasteiger partial charge in [0.15, 0.2) is 12.1 Å². The van der Waals surface area contributed by atoms with Crippen molar-refractivity contribution in [3.05, 3.63) is 80.2 Å². The Kier molecular flexibility index (Phi) is 7.80. The van der Waals surface area contributed by atoms with Crippen LogP contribution in [0.25, 0.3) is 10.8 Å². The number of rotatable bonds is 6. The first-order chi connectivity index (χ1) is 21.0. The van der Waals surface area contributed by atoms with Crippen LogP contribution in [0.15, 0.2) is 52.0 Å². The first-order valence-corrected chi connectivity index (χ1v) is 14.9. The van der Waals surface area contributed by atoms with Gasteiger partial charge in [-0.2, -0.15) is 10.2 Å². The molecule has 1 unspecified atom stereocenters. The van der Waals surface area contributed by atoms with Crippen LogP contribution >= 0.6 is 15.9 Å². The van der Waals surface area contributed by atoms with Gasteiger partial charge in [0.2, 0.25) is 0 Å². The van der Waals surface area contributed by atoms with Crippen LogP contribution in [0, 0.1) is 0 Å². The van der Waals surface area contributed by atoms with Crippen molar-refractivity contribution in [3.63, 3.8) is 0 Å². The van der Waals surface area contributed by atoms with Crippen LogP contribution in [0.1, 0.15) is 78.5 Å². The molecule has 0 saturated carbocycles. The second kappa shape index (κ2) is 11.6. The lowest BCUT2D eigenvalue weighted by atomic mass is 10.1. The lowest BCUT2D eigenvalue weighted by molar-refractivity contribution is -0.0399. The Bertz CT molecular complexity index is 1820. The summed E-state index contributed by atoms with van der Waals surface area (Å²) in [6.45, 7) is 5.23. The fourth-order valence-electron chi connectivity index (χ4n) is 5.14. The third-order valence-corrected chi connectivity index (χ3v) is 7.58. The van der Waals surface area contributed by atoms with Gasteiger partial charge in [-0.15, -0.1) is 4.68 Å². The number of ether oxygens (including phenoxy) is 3. The molecule has 0 N–H and O–H groups in total. The molecule has 6 rings (SSSR count). The quantitative estimate of drug-likeness (QED) is 0.268. The van der Waals surface area contributed by atoms with Crippen LogP contribution in [0.5, 0.6) is 5.75 Å². The van der Waals surface area contributed by atoms with Crippen molar-refractivity contribution in [2.75, 3.05) is 6.61 Å². The van der Waals surface area contributed by atoms with Gasteiger partial charge in [0.1, 0.15) is 24.3 Å². The van der Waals surface area contributed by atoms with Crippen LogP contribution in [-0.2, 0) is 22.6 Å². The molecule has 1 fully saturated rings. The molecule has 2 aromatic heterocycles. The van der Waals surface area contributed by atoms with E-state index in [1.165, 1.54) is 0 Å². The van der Waals surface area contributed by atoms with Crippen molar-refractivity contribution in [2.24, 2.45) is 0 Å². The highest BCUT2D eigenvalue weighted by molar-refractivity contribution is 9.10. The number of nitrogens with zero attached hydrogens (tertiary/aromatic N) is 6. The van der Waals surface area contributed by atoms with Crippen molar-refractivity contribution >= 4 is 44.6 Å². The molecule has 0 bridgehead atoms. The smallest absolute Gasteiger partial charge is 0.438 e. The zero-order chi connectivity index (χ0) is 31.2. The highest BCUT2D eigenvalue weighted by Crippen LogP contribution is 2.32. The number of hydrogen-bond donors (Lipinski definition) is 0. The van der Waals surface area contributed by atoms with Crippen LogP contribution < -0.4 is 10.3 Å². The summed E-state index contributed by atoms with van der Waals surface area (Å²) in [6, 6.07) is 9.68. The van der Waals surface area contributed by atoms with Gasteiger partial charge < -0.3 is 14.2 Å². The van der Waals surface area contributed by atoms with E-state index < -0.39 is 29.1 Å². The Morgan fingerprint density at radius 2 is 1.80 bits per heavy atom. The number of aromatic nitrogens is 5. The SMILES string of the molecule is CC(C)(C)OC(=O)n1nc(CN2C(=O)c3ccccc3C2=O)c2cc(Br)cc(OCc3ncn(C4CCCCO4)n3)c2c1=O. The molecule has 2 aliphatic rings. The number of fused-ring (bicyclic) bond motifs is 2. The van der Waals surface area contributed by atoms with Gasteiger partial charge in [-0.3, -0.25) is 19.3 Å². The zero-order valence-corrected chi connectivity index (χ0v) is 25.9. The highest BCUT2D eigenvalue weighted by atomic mass is 79.9. The standard InChI is InChI=1S/C30H29BrN6O7/c1-30(2,3)44-29(41)37-28(40)25-20(21(33-37)14-35-26(38)18-8-4-5-9-19(18)27(35)39)12-17(31)13-22(25)43-15-23-32-16-36(34-23)24-10-6-7-11-42-24/h4-5,8-9,12-13,16,24H,6-7,10-11,14-15H2,1-3H3. The molecule has 14 heteroatoms. The summed E-state index contributed by atoms with van der Waals surface area (Å²) in [7, 11) is 0. The van der Waals surface area contributed by atoms with Crippen LogP contribution in [0.4, 0.5) is 4.79 Å². The molecule has 44 heavy (non-hydrogen) atoms. The van der Waals surface area contributed by atoms with E-state index in [2.05, 4.69) is 31.1 Å². The van der Waals surface area contributed by atoms with Crippen LogP contribution in [-0.4, -0.2) is 59.6 Å². The molecule has 4 aromatic rings. The topological polar surface area (TPSA) is 148 Å². The third kappa shape index (κ3) is 5.74. The molecule has 0 aliphatic carbocycles. The van der Waals surface area contributed by atoms with E-state index in [4.69, 9.17) is 14.2 Å². The van der Waals surface area contributed by atoms with Crippen molar-refractivity contribution in [1.82, 2.24) is 29.4 Å². The molecule has 1 saturated heterocycles. The summed E-state index contributed by atoms with van der Waals surface area (Å²) in [4.78, 5) is 58.7. The van der Waals surface area contributed by atoms with E-state index in [1.54, 1.807) is 68.2 Å². The van der Waals surface area contributed by atoms with Gasteiger partial charge >= 0.3 is 6.09 Å². The van der Waals surface area contributed by atoms with E-state index >= 15 is 0 Å². The molecule has 2 aromatic carbocycles. The zero-order valence-electron chi connectivity index (χ0n) is 24.3. The van der Waals surface area contributed by atoms with Crippen molar-refractivity contribution in [3.8, 4) is 5.75 Å². The minimum absolute atomic E-state index is 0.00992. The Hall–Kier alpha value is -4.43. The van der Waals surface area contributed by atoms with Crippen molar-refractivity contribution < 1.29 is 28.6 Å². The number of hydrogen-bond acceptors (Lipinski definition) is 10. The van der Waals surface area contributed by atoms with Crippen LogP contribution in [0.3, 0.4) is 0 Å². The van der Waals surface area contributed by atoms with Crippen LogP contribution in [0.2, 0.25) is 0 Å². The number of benzene rings is 2. The second-order valence-electron chi connectivity index (χ2n) is 11.5. The average molecular weight is 666 g/mol. The Morgan fingerprint density at radius 3 is 2.45 bits per heavy atom. The molecule has 2 amide bonds. The Morgan fingerprint density at radius 1 is 1.07 bits per heavy atom. The summed E-state index contributed by atoms with van der Waals surface area (Å²) < 4.78 is 20.1. The largest absolute Gasteiger partial charge is 0.485 e. The minimum Gasteiger partial charge on any atom is -0.485 e. The summed E-state index contributed by atoms with van der Waals surface area (Å²) in [5.74, 6) is -0.538. The van der Waals surface area contributed by atoms with Gasteiger partial charge in [0.05, 0.1) is 28.8 Å². The van der Waals surface area contributed by atoms with E-state index in [0.29, 0.717) is 21.6 Å². The van der Waals surface area contributed by atoms with E-state index in [9.17, 15) is 19.2 Å². The fraction of sp³-hybridized carbons (Fsp3) is 0.367. The molecular formula is C30H29BrN6O7. The molecular weight excluding hydrogens is 636 g/mol. The maximum absolute atomic E-state index is 13.8. The van der Waals surface area contributed by atoms with Crippen molar-refractivity contribution in [2.45, 2.75) is 65.0 Å². The molecule has 13 nitrogen and oxygen atoms in total. The Balaban J connectivity index is 1.40. The highest BCUT2D eigenvalue weighted by Gasteiger charge is 2.36. The van der Waals surface area contributed by atoms with Gasteiger partial charge in [-0.1, -0.05) is 28.1 Å². The molecule has 0 spiro atoms. The van der Waals surface area contributed by atoms with E-state index in [1.807, 2.05) is 0 Å². The van der Waals surface area contributed by atoms with Crippen molar-refractivity contribution in [1.29, 1.82) is 0 Å². The fourth-order valence-corrected chi connectivity index (χ4v) is 5.58. The first-order valence-electron chi connectivity index (χ1n) is 14.1. The van der Waals surface area contributed by atoms with E-state index in [0.717, 1.165) is 24.2 Å². The number of imide groups is 1.